The summed E-state index contributed by atoms with van der Waals surface area (Å²) < 4.78 is 38.6. The molecule has 0 radical (unpaired) electrons. The van der Waals surface area contributed by atoms with E-state index in [2.05, 4.69) is 10.1 Å². The fourth-order valence-electron chi connectivity index (χ4n) is 1.50. The second-order valence-electron chi connectivity index (χ2n) is 3.73. The smallest absolute Gasteiger partial charge is 0.261 e. The van der Waals surface area contributed by atoms with E-state index < -0.39 is 11.9 Å². The number of rotatable bonds is 2. The van der Waals surface area contributed by atoms with E-state index in [1.165, 1.54) is 12.4 Å². The van der Waals surface area contributed by atoms with E-state index >= 15 is 0 Å². The van der Waals surface area contributed by atoms with Gasteiger partial charge in [0.1, 0.15) is 0 Å². The van der Waals surface area contributed by atoms with Crippen LogP contribution in [0, 0.1) is 6.92 Å². The maximum Gasteiger partial charge on any atom is 0.435 e. The highest BCUT2D eigenvalue weighted by Gasteiger charge is 2.33. The number of hydrogen-bond donors (Lipinski definition) is 0. The molecule has 0 bridgehead atoms. The van der Waals surface area contributed by atoms with E-state index in [0.29, 0.717) is 16.9 Å². The van der Waals surface area contributed by atoms with Crippen LogP contribution in [0.3, 0.4) is 0 Å². The van der Waals surface area contributed by atoms with Gasteiger partial charge in [0.15, 0.2) is 5.69 Å². The van der Waals surface area contributed by atoms with Crippen LogP contribution >= 0.6 is 11.6 Å². The Bertz CT molecular complexity index is 563. The lowest BCUT2D eigenvalue weighted by molar-refractivity contribution is -0.141. The van der Waals surface area contributed by atoms with Crippen molar-refractivity contribution in [1.29, 1.82) is 0 Å². The molecule has 2 aromatic heterocycles. The van der Waals surface area contributed by atoms with Gasteiger partial charge >= 0.3 is 6.18 Å². The minimum absolute atomic E-state index is 0.157. The van der Waals surface area contributed by atoms with Gasteiger partial charge in [0.25, 0.3) is 0 Å². The lowest BCUT2D eigenvalue weighted by Crippen LogP contribution is -2.08. The molecule has 3 nitrogen and oxygen atoms in total. The molecular formula is C11H9ClF3N3. The Kier molecular flexibility index (Phi) is 3.30. The topological polar surface area (TPSA) is 30.7 Å². The van der Waals surface area contributed by atoms with E-state index in [1.807, 2.05) is 0 Å². The Morgan fingerprint density at radius 1 is 1.39 bits per heavy atom. The fraction of sp³-hybridized carbons (Fsp3) is 0.273. The van der Waals surface area contributed by atoms with Crippen LogP contribution in [0.25, 0.3) is 5.69 Å². The molecule has 0 aliphatic heterocycles. The summed E-state index contributed by atoms with van der Waals surface area (Å²) in [7, 11) is 0. The molecule has 2 rings (SSSR count). The number of aromatic nitrogens is 3. The predicted molar refractivity (Wildman–Crippen MR) is 60.7 cm³/mol. The van der Waals surface area contributed by atoms with Gasteiger partial charge in [-0.2, -0.15) is 18.3 Å². The number of pyridine rings is 1. The molecule has 18 heavy (non-hydrogen) atoms. The van der Waals surface area contributed by atoms with E-state index in [9.17, 15) is 13.2 Å². The normalized spacial score (nSPS) is 11.8. The summed E-state index contributed by atoms with van der Waals surface area (Å²) in [5, 5.41) is 3.51. The van der Waals surface area contributed by atoms with Crippen molar-refractivity contribution in [2.45, 2.75) is 19.0 Å². The number of hydrogen-bond acceptors (Lipinski definition) is 2. The van der Waals surface area contributed by atoms with Gasteiger partial charge in [0, 0.05) is 23.7 Å². The van der Waals surface area contributed by atoms with Crippen LogP contribution in [-0.4, -0.2) is 14.8 Å². The zero-order valence-electron chi connectivity index (χ0n) is 9.37. The van der Waals surface area contributed by atoms with Gasteiger partial charge < -0.3 is 0 Å². The molecule has 0 unspecified atom stereocenters. The van der Waals surface area contributed by atoms with Crippen molar-refractivity contribution >= 4 is 11.6 Å². The number of aryl methyl sites for hydroxylation is 1. The molecule has 2 heterocycles. The lowest BCUT2D eigenvalue weighted by atomic mass is 10.2. The highest BCUT2D eigenvalue weighted by molar-refractivity contribution is 6.17. The molecule has 0 N–H and O–H groups in total. The molecule has 96 valence electrons. The average Bonchev–Trinajstić information content (AvgIpc) is 2.77. The Balaban J connectivity index is 2.49. The zero-order chi connectivity index (χ0) is 13.3. The van der Waals surface area contributed by atoms with Gasteiger partial charge in [-0.1, -0.05) is 0 Å². The Morgan fingerprint density at radius 2 is 2.11 bits per heavy atom. The Hall–Kier alpha value is -1.56. The van der Waals surface area contributed by atoms with Crippen LogP contribution in [0.5, 0.6) is 0 Å². The van der Waals surface area contributed by atoms with Crippen LogP contribution in [0.4, 0.5) is 13.2 Å². The first-order valence-electron chi connectivity index (χ1n) is 5.06. The summed E-state index contributed by atoms with van der Waals surface area (Å²) in [6, 6.07) is 2.57. The van der Waals surface area contributed by atoms with Crippen molar-refractivity contribution in [2.24, 2.45) is 0 Å². The van der Waals surface area contributed by atoms with Gasteiger partial charge in [0.2, 0.25) is 0 Å². The molecule has 0 aliphatic carbocycles. The Labute approximate surface area is 106 Å². The molecule has 0 fully saturated rings. The summed E-state index contributed by atoms with van der Waals surface area (Å²) in [5.41, 5.74) is 0.882. The quantitative estimate of drug-likeness (QED) is 0.787. The standard InChI is InChI=1S/C11H9ClF3N3/c1-7-4-9(8(5-12)6-16-7)18-3-2-10(17-18)11(13,14)15/h2-4,6H,5H2,1H3. The molecule has 7 heteroatoms. The highest BCUT2D eigenvalue weighted by Crippen LogP contribution is 2.28. The SMILES string of the molecule is Cc1cc(-n2ccc(C(F)(F)F)n2)c(CCl)cn1. The van der Waals surface area contributed by atoms with Gasteiger partial charge in [-0.05, 0) is 19.1 Å². The first kappa shape index (κ1) is 12.9. The molecule has 0 saturated heterocycles. The van der Waals surface area contributed by atoms with Crippen LogP contribution in [0.15, 0.2) is 24.5 Å². The first-order chi connectivity index (χ1) is 8.41. The van der Waals surface area contributed by atoms with E-state index in [4.69, 9.17) is 11.6 Å². The van der Waals surface area contributed by atoms with Crippen LogP contribution in [-0.2, 0) is 12.1 Å². The van der Waals surface area contributed by atoms with Crippen molar-refractivity contribution in [3.05, 3.63) is 41.5 Å². The van der Waals surface area contributed by atoms with E-state index in [-0.39, 0.29) is 5.88 Å². The second kappa shape index (κ2) is 4.61. The second-order valence-corrected chi connectivity index (χ2v) is 4.00. The number of nitrogens with zero attached hydrogens (tertiary/aromatic N) is 3. The molecule has 0 aromatic carbocycles. The minimum Gasteiger partial charge on any atom is -0.261 e. The van der Waals surface area contributed by atoms with Crippen LogP contribution in [0.2, 0.25) is 0 Å². The summed E-state index contributed by atoms with van der Waals surface area (Å²) in [4.78, 5) is 4.04. The number of halogens is 4. The van der Waals surface area contributed by atoms with Crippen molar-refractivity contribution in [3.8, 4) is 5.69 Å². The van der Waals surface area contributed by atoms with Gasteiger partial charge in [-0.25, -0.2) is 4.68 Å². The van der Waals surface area contributed by atoms with Gasteiger partial charge in [-0.15, -0.1) is 11.6 Å². The molecule has 0 saturated carbocycles. The van der Waals surface area contributed by atoms with Crippen molar-refractivity contribution in [3.63, 3.8) is 0 Å². The first-order valence-corrected chi connectivity index (χ1v) is 5.60. The van der Waals surface area contributed by atoms with Crippen molar-refractivity contribution in [1.82, 2.24) is 14.8 Å². The number of alkyl halides is 4. The average molecular weight is 276 g/mol. The van der Waals surface area contributed by atoms with Gasteiger partial charge in [-0.3, -0.25) is 4.98 Å². The third-order valence-corrected chi connectivity index (χ3v) is 2.66. The monoisotopic (exact) mass is 275 g/mol. The fourth-order valence-corrected chi connectivity index (χ4v) is 1.71. The highest BCUT2D eigenvalue weighted by atomic mass is 35.5. The third-order valence-electron chi connectivity index (χ3n) is 2.37. The summed E-state index contributed by atoms with van der Waals surface area (Å²) >= 11 is 5.73. The molecular weight excluding hydrogens is 267 g/mol. The largest absolute Gasteiger partial charge is 0.435 e. The molecule has 0 atom stereocenters. The summed E-state index contributed by atoms with van der Waals surface area (Å²) in [6.07, 6.45) is -1.66. The summed E-state index contributed by atoms with van der Waals surface area (Å²) in [6.45, 7) is 1.75. The van der Waals surface area contributed by atoms with Crippen molar-refractivity contribution < 1.29 is 13.2 Å². The van der Waals surface area contributed by atoms with Crippen LogP contribution in [0.1, 0.15) is 17.0 Å². The molecule has 0 aliphatic rings. The maximum atomic E-state index is 12.5. The van der Waals surface area contributed by atoms with E-state index in [0.717, 1.165) is 10.7 Å². The predicted octanol–water partition coefficient (Wildman–Crippen LogP) is 3.33. The molecule has 0 spiro atoms. The Morgan fingerprint density at radius 3 is 2.67 bits per heavy atom. The zero-order valence-corrected chi connectivity index (χ0v) is 10.1. The lowest BCUT2D eigenvalue weighted by Gasteiger charge is -2.08. The van der Waals surface area contributed by atoms with Crippen LogP contribution < -0.4 is 0 Å². The van der Waals surface area contributed by atoms with Gasteiger partial charge in [0.05, 0.1) is 11.6 Å². The maximum absolute atomic E-state index is 12.5. The molecule has 2 aromatic rings. The minimum atomic E-state index is -4.45. The third kappa shape index (κ3) is 2.48. The molecule has 0 amide bonds. The van der Waals surface area contributed by atoms with E-state index in [1.54, 1.807) is 13.0 Å². The van der Waals surface area contributed by atoms with Crippen molar-refractivity contribution in [2.75, 3.05) is 0 Å². The summed E-state index contributed by atoms with van der Waals surface area (Å²) in [5.74, 6) is 0.157.